The van der Waals surface area contributed by atoms with Crippen molar-refractivity contribution >= 4 is 17.8 Å². The molecule has 6 heteroatoms. The van der Waals surface area contributed by atoms with Gasteiger partial charge in [0.1, 0.15) is 6.10 Å². The van der Waals surface area contributed by atoms with Crippen LogP contribution in [0.1, 0.15) is 184 Å². The lowest BCUT2D eigenvalue weighted by Gasteiger charge is -2.71. The first-order valence-electron chi connectivity index (χ1n) is 20.9. The van der Waals surface area contributed by atoms with E-state index in [1.165, 1.54) is 32.1 Å². The minimum Gasteiger partial charge on any atom is -0.481 e. The monoisotopic (exact) mass is 696 g/mol. The molecule has 4 saturated carbocycles. The van der Waals surface area contributed by atoms with Crippen molar-refractivity contribution in [3.63, 3.8) is 0 Å². The minimum atomic E-state index is -0.691. The lowest BCUT2D eigenvalue weighted by atomic mass is 9.33. The smallest absolute Gasteiger partial charge is 0.305 e. The quantitative estimate of drug-likeness (QED) is 0.107. The summed E-state index contributed by atoms with van der Waals surface area (Å²) in [6.07, 6.45) is 22.9. The molecule has 3 unspecified atom stereocenters. The number of fused-ring (bicyclic) bond motifs is 7. The Hall–Kier alpha value is -1.85. The Morgan fingerprint density at radius 2 is 1.44 bits per heavy atom. The maximum Gasteiger partial charge on any atom is 0.305 e. The Balaban J connectivity index is 1.27. The maximum atomic E-state index is 14.4. The second-order valence-corrected chi connectivity index (χ2v) is 19.8. The van der Waals surface area contributed by atoms with E-state index in [0.29, 0.717) is 30.1 Å². The lowest BCUT2D eigenvalue weighted by molar-refractivity contribution is -0.212. The van der Waals surface area contributed by atoms with Gasteiger partial charge in [-0.1, -0.05) is 106 Å². The molecule has 0 aromatic heterocycles. The molecule has 0 spiro atoms. The first-order chi connectivity index (χ1) is 23.5. The average molecular weight is 696 g/mol. The molecule has 4 fully saturated rings. The Morgan fingerprint density at radius 1 is 0.800 bits per heavy atom. The zero-order valence-electron chi connectivity index (χ0n) is 33.3. The highest BCUT2D eigenvalue weighted by atomic mass is 16.5. The number of carbonyl (C=O) groups is 3. The number of nitrogens with one attached hydrogen (secondary N) is 1. The fourth-order valence-corrected chi connectivity index (χ4v) is 12.9. The fraction of sp³-hybridized carbons (Fsp3) is 0.886. The minimum absolute atomic E-state index is 0.00259. The number of rotatable bonds is 14. The molecule has 8 atom stereocenters. The molecule has 5 aliphatic rings. The van der Waals surface area contributed by atoms with Gasteiger partial charge in [-0.05, 0) is 116 Å². The van der Waals surface area contributed by atoms with Crippen LogP contribution in [0.5, 0.6) is 0 Å². The molecule has 284 valence electrons. The Labute approximate surface area is 305 Å². The van der Waals surface area contributed by atoms with Crippen molar-refractivity contribution in [1.82, 2.24) is 5.32 Å². The van der Waals surface area contributed by atoms with Crippen LogP contribution in [-0.2, 0) is 19.1 Å². The number of esters is 1. The van der Waals surface area contributed by atoms with Gasteiger partial charge in [-0.25, -0.2) is 0 Å². The van der Waals surface area contributed by atoms with Gasteiger partial charge in [0.25, 0.3) is 0 Å². The van der Waals surface area contributed by atoms with Crippen LogP contribution < -0.4 is 5.32 Å². The summed E-state index contributed by atoms with van der Waals surface area (Å²) >= 11 is 0. The van der Waals surface area contributed by atoms with E-state index in [1.54, 1.807) is 5.57 Å². The van der Waals surface area contributed by atoms with Gasteiger partial charge in [0.15, 0.2) is 0 Å². The third-order valence-corrected chi connectivity index (χ3v) is 16.2. The van der Waals surface area contributed by atoms with E-state index in [9.17, 15) is 14.4 Å². The summed E-state index contributed by atoms with van der Waals surface area (Å²) in [5, 5.41) is 12.3. The number of amides is 1. The van der Waals surface area contributed by atoms with Crippen LogP contribution in [0.25, 0.3) is 0 Å². The summed E-state index contributed by atoms with van der Waals surface area (Å²) < 4.78 is 6.10. The molecule has 5 aliphatic carbocycles. The van der Waals surface area contributed by atoms with Crippen molar-refractivity contribution < 1.29 is 24.2 Å². The molecule has 0 radical (unpaired) electrons. The first kappa shape index (κ1) is 39.4. The number of aliphatic carboxylic acids is 1. The number of hydrogen-bond donors (Lipinski definition) is 2. The van der Waals surface area contributed by atoms with Gasteiger partial charge in [-0.15, -0.1) is 0 Å². The van der Waals surface area contributed by atoms with Gasteiger partial charge in [-0.3, -0.25) is 14.4 Å². The summed E-state index contributed by atoms with van der Waals surface area (Å²) in [7, 11) is 0. The van der Waals surface area contributed by atoms with Gasteiger partial charge < -0.3 is 15.2 Å². The van der Waals surface area contributed by atoms with Crippen molar-refractivity contribution in [1.29, 1.82) is 0 Å². The maximum absolute atomic E-state index is 14.4. The summed E-state index contributed by atoms with van der Waals surface area (Å²) in [5.41, 5.74) is 2.02. The third kappa shape index (κ3) is 7.10. The van der Waals surface area contributed by atoms with Crippen LogP contribution >= 0.6 is 0 Å². The van der Waals surface area contributed by atoms with Crippen LogP contribution in [0.2, 0.25) is 0 Å². The molecule has 0 aromatic carbocycles. The van der Waals surface area contributed by atoms with E-state index in [1.807, 2.05) is 6.92 Å². The van der Waals surface area contributed by atoms with E-state index < -0.39 is 5.97 Å². The zero-order valence-corrected chi connectivity index (χ0v) is 33.3. The highest BCUT2D eigenvalue weighted by molar-refractivity contribution is 5.84. The molecule has 0 saturated heterocycles. The summed E-state index contributed by atoms with van der Waals surface area (Å²) in [6.45, 7) is 20.1. The standard InChI is InChI=1S/C44H73NO5/c1-9-37(48)50-35-22-23-41(6)33(40(35,4)5)21-24-43(8)34(41)20-19-31-32-30-39(2,3)25-27-44(32,28-26-42(31,43)7)38(49)45-29-17-15-13-11-10-12-14-16-18-36(46)47/h19,32-35H,9-18,20-30H2,1-8H3,(H,45,49)(H,46,47)/t32?,33?,34?,35-,41-,42+,43+,44-/m0/s1. The van der Waals surface area contributed by atoms with E-state index >= 15 is 0 Å². The molecule has 6 nitrogen and oxygen atoms in total. The van der Waals surface area contributed by atoms with Crippen LogP contribution in [0.3, 0.4) is 0 Å². The number of unbranched alkanes of at least 4 members (excludes halogenated alkanes) is 7. The molecular weight excluding hydrogens is 622 g/mol. The van der Waals surface area contributed by atoms with Gasteiger partial charge in [-0.2, -0.15) is 0 Å². The van der Waals surface area contributed by atoms with Crippen LogP contribution in [0.15, 0.2) is 11.6 Å². The number of carbonyl (C=O) groups excluding carboxylic acids is 2. The molecule has 0 bridgehead atoms. The van der Waals surface area contributed by atoms with Crippen molar-refractivity contribution in [3.05, 3.63) is 11.6 Å². The van der Waals surface area contributed by atoms with Crippen molar-refractivity contribution in [2.24, 2.45) is 50.2 Å². The van der Waals surface area contributed by atoms with Crippen molar-refractivity contribution in [2.75, 3.05) is 6.54 Å². The second kappa shape index (κ2) is 14.9. The second-order valence-electron chi connectivity index (χ2n) is 19.8. The number of ether oxygens (including phenoxy) is 1. The van der Waals surface area contributed by atoms with Crippen LogP contribution in [0, 0.1) is 50.2 Å². The highest BCUT2D eigenvalue weighted by Crippen LogP contribution is 2.75. The average Bonchev–Trinajstić information content (AvgIpc) is 3.04. The first-order valence-corrected chi connectivity index (χ1v) is 20.9. The number of carboxylic acids is 1. The number of carboxylic acid groups (broad SMARTS) is 1. The summed E-state index contributed by atoms with van der Waals surface area (Å²) in [4.78, 5) is 37.5. The highest BCUT2D eigenvalue weighted by Gasteiger charge is 2.69. The number of hydrogen-bond acceptors (Lipinski definition) is 4. The molecule has 2 N–H and O–H groups in total. The SMILES string of the molecule is CCC(=O)O[C@H]1CC[C@@]2(C)C(CC[C@]3(C)C2CC=C2C4CC(C)(C)CC[C@]4(C(=O)NCCCCCCCCCCC(=O)O)CC[C@]23C)C1(C)C. The molecule has 0 aliphatic heterocycles. The summed E-state index contributed by atoms with van der Waals surface area (Å²) in [5.74, 6) is 1.00. The van der Waals surface area contributed by atoms with E-state index in [0.717, 1.165) is 90.0 Å². The zero-order chi connectivity index (χ0) is 36.6. The van der Waals surface area contributed by atoms with Gasteiger partial charge in [0, 0.05) is 24.8 Å². The van der Waals surface area contributed by atoms with Crippen LogP contribution in [0.4, 0.5) is 0 Å². The molecule has 50 heavy (non-hydrogen) atoms. The lowest BCUT2D eigenvalue weighted by Crippen LogP contribution is -2.65. The van der Waals surface area contributed by atoms with E-state index in [4.69, 9.17) is 9.84 Å². The largest absolute Gasteiger partial charge is 0.481 e. The number of allylic oxidation sites excluding steroid dienone is 2. The predicted octanol–water partition coefficient (Wildman–Crippen LogP) is 10.8. The normalized spacial score (nSPS) is 38.4. The molecule has 0 heterocycles. The predicted molar refractivity (Wildman–Crippen MR) is 201 cm³/mol. The molecule has 1 amide bonds. The third-order valence-electron chi connectivity index (χ3n) is 16.2. The van der Waals surface area contributed by atoms with Crippen LogP contribution in [-0.4, -0.2) is 35.6 Å². The van der Waals surface area contributed by atoms with Crippen molar-refractivity contribution in [3.8, 4) is 0 Å². The van der Waals surface area contributed by atoms with E-state index in [-0.39, 0.29) is 51.0 Å². The Bertz CT molecular complexity index is 1280. The fourth-order valence-electron chi connectivity index (χ4n) is 12.9. The summed E-state index contributed by atoms with van der Waals surface area (Å²) in [6, 6.07) is 0. The van der Waals surface area contributed by atoms with Gasteiger partial charge >= 0.3 is 11.9 Å². The Kier molecular flexibility index (Phi) is 11.7. The molecular formula is C44H73NO5. The topological polar surface area (TPSA) is 92.7 Å². The van der Waals surface area contributed by atoms with Crippen molar-refractivity contribution in [2.45, 2.75) is 190 Å². The van der Waals surface area contributed by atoms with Gasteiger partial charge in [0.2, 0.25) is 5.91 Å². The van der Waals surface area contributed by atoms with Gasteiger partial charge in [0.05, 0.1) is 5.41 Å². The Morgan fingerprint density at radius 3 is 2.10 bits per heavy atom. The molecule has 5 rings (SSSR count). The van der Waals surface area contributed by atoms with E-state index in [2.05, 4.69) is 59.9 Å². The molecule has 0 aromatic rings.